The number of rotatable bonds is 6. The summed E-state index contributed by atoms with van der Waals surface area (Å²) < 4.78 is 10.5. The Hall–Kier alpha value is -1.08. The van der Waals surface area contributed by atoms with Crippen LogP contribution in [0.5, 0.6) is 6.01 Å². The van der Waals surface area contributed by atoms with Gasteiger partial charge >= 0.3 is 12.0 Å². The first-order valence-corrected chi connectivity index (χ1v) is 7.55. The van der Waals surface area contributed by atoms with Crippen LogP contribution < -0.4 is 4.74 Å². The quantitative estimate of drug-likeness (QED) is 0.589. The molecule has 0 N–H and O–H groups in total. The van der Waals surface area contributed by atoms with Crippen molar-refractivity contribution in [2.24, 2.45) is 0 Å². The minimum absolute atomic E-state index is 0.0396. The largest absolute Gasteiger partial charge is 0.463 e. The molecule has 1 heterocycles. The van der Waals surface area contributed by atoms with Crippen molar-refractivity contribution in [1.82, 2.24) is 15.0 Å². The molecular weight excluding hydrogens is 302 g/mol. The Morgan fingerprint density at radius 1 is 1.30 bits per heavy atom. The van der Waals surface area contributed by atoms with Crippen LogP contribution in [0.3, 0.4) is 0 Å². The van der Waals surface area contributed by atoms with E-state index >= 15 is 0 Å². The van der Waals surface area contributed by atoms with E-state index in [1.807, 2.05) is 27.7 Å². The fourth-order valence-corrected chi connectivity index (χ4v) is 1.93. The highest BCUT2D eigenvalue weighted by Gasteiger charge is 2.17. The molecule has 1 rings (SSSR count). The van der Waals surface area contributed by atoms with E-state index in [-0.39, 0.29) is 23.0 Å². The molecule has 0 saturated heterocycles. The maximum absolute atomic E-state index is 11.6. The van der Waals surface area contributed by atoms with E-state index in [1.54, 1.807) is 0 Å². The summed E-state index contributed by atoms with van der Waals surface area (Å²) in [5.74, 6) is -0.236. The van der Waals surface area contributed by atoms with Crippen LogP contribution in [-0.4, -0.2) is 38.9 Å². The normalized spacial score (nSPS) is 11.2. The Morgan fingerprint density at radius 2 is 2.00 bits per heavy atom. The topological polar surface area (TPSA) is 74.2 Å². The highest BCUT2D eigenvalue weighted by atomic mass is 35.5. The molecule has 6 nitrogen and oxygen atoms in total. The lowest BCUT2D eigenvalue weighted by Crippen LogP contribution is -2.25. The average molecular weight is 320 g/mol. The number of halogens is 1. The van der Waals surface area contributed by atoms with Crippen LogP contribution in [0, 0.1) is 0 Å². The summed E-state index contributed by atoms with van der Waals surface area (Å²) in [5, 5.41) is 0.375. The molecule has 0 bridgehead atoms. The lowest BCUT2D eigenvalue weighted by molar-refractivity contribution is -0.151. The zero-order valence-corrected chi connectivity index (χ0v) is 13.5. The van der Waals surface area contributed by atoms with Gasteiger partial charge in [-0.2, -0.15) is 15.0 Å². The number of hydrogen-bond acceptors (Lipinski definition) is 7. The smallest absolute Gasteiger partial charge is 0.321 e. The first-order chi connectivity index (χ1) is 9.30. The standard InChI is InChI=1S/C12H18ClN3O3S/c1-5-6-18-10-14-9(13)15-11(16-10)20-7-8(17)19-12(2,3)4/h5-7H2,1-4H3. The van der Waals surface area contributed by atoms with Gasteiger partial charge in [-0.05, 0) is 38.8 Å². The third kappa shape index (κ3) is 6.91. The molecule has 0 fully saturated rings. The van der Waals surface area contributed by atoms with Crippen molar-refractivity contribution < 1.29 is 14.3 Å². The number of carbonyl (C=O) groups is 1. The van der Waals surface area contributed by atoms with Gasteiger partial charge < -0.3 is 9.47 Å². The van der Waals surface area contributed by atoms with Crippen LogP contribution in [0.4, 0.5) is 0 Å². The minimum atomic E-state index is -0.510. The van der Waals surface area contributed by atoms with Gasteiger partial charge in [-0.3, -0.25) is 4.79 Å². The second-order valence-electron chi connectivity index (χ2n) is 4.89. The van der Waals surface area contributed by atoms with Gasteiger partial charge in [0.25, 0.3) is 0 Å². The van der Waals surface area contributed by atoms with E-state index < -0.39 is 5.60 Å². The summed E-state index contributed by atoms with van der Waals surface area (Å²) >= 11 is 6.91. The number of aromatic nitrogens is 3. The fraction of sp³-hybridized carbons (Fsp3) is 0.667. The molecular formula is C12H18ClN3O3S. The molecule has 0 aliphatic rings. The van der Waals surface area contributed by atoms with Crippen LogP contribution in [0.1, 0.15) is 34.1 Å². The van der Waals surface area contributed by atoms with Crippen molar-refractivity contribution in [3.05, 3.63) is 5.28 Å². The predicted octanol–water partition coefficient (Wildman–Crippen LogP) is 2.75. The first-order valence-electron chi connectivity index (χ1n) is 6.19. The number of ether oxygens (including phenoxy) is 2. The van der Waals surface area contributed by atoms with Crippen molar-refractivity contribution in [1.29, 1.82) is 0 Å². The third-order valence-electron chi connectivity index (χ3n) is 1.74. The molecule has 0 aliphatic heterocycles. The Kier molecular flexibility index (Phi) is 6.48. The van der Waals surface area contributed by atoms with Gasteiger partial charge in [-0.25, -0.2) is 0 Å². The molecule has 8 heteroatoms. The maximum Gasteiger partial charge on any atom is 0.321 e. The molecule has 20 heavy (non-hydrogen) atoms. The molecule has 0 amide bonds. The molecule has 0 aliphatic carbocycles. The van der Waals surface area contributed by atoms with Crippen molar-refractivity contribution in [2.45, 2.75) is 44.9 Å². The van der Waals surface area contributed by atoms with E-state index in [0.717, 1.165) is 18.2 Å². The highest BCUT2D eigenvalue weighted by molar-refractivity contribution is 7.99. The molecule has 0 unspecified atom stereocenters. The Bertz CT molecular complexity index is 466. The number of hydrogen-bond donors (Lipinski definition) is 0. The second kappa shape index (κ2) is 7.64. The summed E-state index contributed by atoms with van der Waals surface area (Å²) in [7, 11) is 0. The average Bonchev–Trinajstić information content (AvgIpc) is 2.31. The predicted molar refractivity (Wildman–Crippen MR) is 77.2 cm³/mol. The molecule has 1 aromatic rings. The molecule has 0 aromatic carbocycles. The lowest BCUT2D eigenvalue weighted by Gasteiger charge is -2.19. The third-order valence-corrected chi connectivity index (χ3v) is 2.73. The summed E-state index contributed by atoms with van der Waals surface area (Å²) in [4.78, 5) is 23.4. The van der Waals surface area contributed by atoms with Crippen molar-refractivity contribution in [3.8, 4) is 6.01 Å². The minimum Gasteiger partial charge on any atom is -0.463 e. The van der Waals surface area contributed by atoms with Gasteiger partial charge in [-0.15, -0.1) is 0 Å². The molecule has 0 atom stereocenters. The Balaban J connectivity index is 2.59. The van der Waals surface area contributed by atoms with Gasteiger partial charge in [0.15, 0.2) is 5.16 Å². The van der Waals surface area contributed by atoms with E-state index in [4.69, 9.17) is 21.1 Å². The lowest BCUT2D eigenvalue weighted by atomic mass is 10.2. The van der Waals surface area contributed by atoms with Gasteiger partial charge in [0, 0.05) is 0 Å². The summed E-state index contributed by atoms with van der Waals surface area (Å²) in [6.07, 6.45) is 0.837. The molecule has 0 saturated carbocycles. The monoisotopic (exact) mass is 319 g/mol. The first kappa shape index (κ1) is 17.0. The summed E-state index contributed by atoms with van der Waals surface area (Å²) in [5.41, 5.74) is -0.510. The molecule has 112 valence electrons. The van der Waals surface area contributed by atoms with Crippen LogP contribution in [0.2, 0.25) is 5.28 Å². The fourth-order valence-electron chi connectivity index (χ4n) is 1.13. The number of nitrogens with zero attached hydrogens (tertiary/aromatic N) is 3. The zero-order chi connectivity index (χ0) is 15.2. The van der Waals surface area contributed by atoms with Gasteiger partial charge in [0.1, 0.15) is 5.60 Å². The van der Waals surface area contributed by atoms with E-state index in [2.05, 4.69) is 15.0 Å². The number of thioether (sulfide) groups is 1. The van der Waals surface area contributed by atoms with E-state index in [9.17, 15) is 4.79 Å². The van der Waals surface area contributed by atoms with Crippen molar-refractivity contribution in [2.75, 3.05) is 12.4 Å². The molecule has 0 radical (unpaired) electrons. The van der Waals surface area contributed by atoms with Gasteiger partial charge in [-0.1, -0.05) is 18.7 Å². The molecule has 1 aromatic heterocycles. The van der Waals surface area contributed by atoms with Gasteiger partial charge in [0.05, 0.1) is 12.4 Å². The zero-order valence-electron chi connectivity index (χ0n) is 12.0. The SMILES string of the molecule is CCCOc1nc(Cl)nc(SCC(=O)OC(C)(C)C)n1. The van der Waals surface area contributed by atoms with Crippen LogP contribution in [-0.2, 0) is 9.53 Å². The second-order valence-corrected chi connectivity index (χ2v) is 6.17. The summed E-state index contributed by atoms with van der Waals surface area (Å²) in [6, 6.07) is 0.165. The number of carbonyl (C=O) groups excluding carboxylic acids is 1. The van der Waals surface area contributed by atoms with Gasteiger partial charge in [0.2, 0.25) is 5.28 Å². The molecule has 0 spiro atoms. The van der Waals surface area contributed by atoms with Crippen LogP contribution in [0.25, 0.3) is 0 Å². The Morgan fingerprint density at radius 3 is 2.60 bits per heavy atom. The van der Waals surface area contributed by atoms with E-state index in [1.165, 1.54) is 0 Å². The van der Waals surface area contributed by atoms with E-state index in [0.29, 0.717) is 11.8 Å². The van der Waals surface area contributed by atoms with Crippen LogP contribution >= 0.6 is 23.4 Å². The van der Waals surface area contributed by atoms with Crippen LogP contribution in [0.15, 0.2) is 5.16 Å². The Labute approximate surface area is 127 Å². The maximum atomic E-state index is 11.6. The number of esters is 1. The van der Waals surface area contributed by atoms with Crippen molar-refractivity contribution in [3.63, 3.8) is 0 Å². The highest BCUT2D eigenvalue weighted by Crippen LogP contribution is 2.19. The summed E-state index contributed by atoms with van der Waals surface area (Å²) in [6.45, 7) is 7.90. The van der Waals surface area contributed by atoms with Crippen molar-refractivity contribution >= 4 is 29.3 Å².